The molecule has 1 saturated carbocycles. The standard InChI is InChI=1S/C13H16ClN5O/c1-19-17-12(16-18-19)8-20-13-9(3-2-4-11(13)14)7-15-10-5-6-10/h2-4,10,15H,5-8H2,1H3. The van der Waals surface area contributed by atoms with Gasteiger partial charge in [-0.1, -0.05) is 23.7 Å². The molecule has 0 amide bonds. The highest BCUT2D eigenvalue weighted by Gasteiger charge is 2.21. The smallest absolute Gasteiger partial charge is 0.212 e. The van der Waals surface area contributed by atoms with Crippen LogP contribution in [0.2, 0.25) is 5.02 Å². The van der Waals surface area contributed by atoms with Gasteiger partial charge in [-0.25, -0.2) is 0 Å². The van der Waals surface area contributed by atoms with Gasteiger partial charge in [0.1, 0.15) is 5.75 Å². The van der Waals surface area contributed by atoms with E-state index < -0.39 is 0 Å². The molecule has 3 rings (SSSR count). The van der Waals surface area contributed by atoms with E-state index in [2.05, 4.69) is 20.7 Å². The van der Waals surface area contributed by atoms with Crippen LogP contribution in [0.15, 0.2) is 18.2 Å². The number of aryl methyl sites for hydroxylation is 1. The fourth-order valence-electron chi connectivity index (χ4n) is 1.91. The number of nitrogens with one attached hydrogen (secondary N) is 1. The van der Waals surface area contributed by atoms with E-state index in [0.29, 0.717) is 22.6 Å². The van der Waals surface area contributed by atoms with Crippen LogP contribution in [0.5, 0.6) is 5.75 Å². The Kier molecular flexibility index (Phi) is 3.84. The largest absolute Gasteiger partial charge is 0.484 e. The molecule has 0 spiro atoms. The minimum Gasteiger partial charge on any atom is -0.484 e. The van der Waals surface area contributed by atoms with E-state index in [-0.39, 0.29) is 6.61 Å². The zero-order valence-electron chi connectivity index (χ0n) is 11.2. The molecule has 0 radical (unpaired) electrons. The average Bonchev–Trinajstić information content (AvgIpc) is 3.17. The van der Waals surface area contributed by atoms with Gasteiger partial charge in [0.25, 0.3) is 0 Å². The summed E-state index contributed by atoms with van der Waals surface area (Å²) < 4.78 is 5.77. The first-order chi connectivity index (χ1) is 9.72. The van der Waals surface area contributed by atoms with E-state index in [9.17, 15) is 0 Å². The van der Waals surface area contributed by atoms with E-state index in [4.69, 9.17) is 16.3 Å². The van der Waals surface area contributed by atoms with Gasteiger partial charge < -0.3 is 10.1 Å². The lowest BCUT2D eigenvalue weighted by molar-refractivity contribution is 0.291. The second kappa shape index (κ2) is 5.76. The molecular formula is C13H16ClN5O. The van der Waals surface area contributed by atoms with Gasteiger partial charge in [0, 0.05) is 18.2 Å². The van der Waals surface area contributed by atoms with E-state index >= 15 is 0 Å². The summed E-state index contributed by atoms with van der Waals surface area (Å²) in [4.78, 5) is 1.40. The normalized spacial score (nSPS) is 14.5. The molecule has 7 heteroatoms. The predicted octanol–water partition coefficient (Wildman–Crippen LogP) is 1.69. The average molecular weight is 294 g/mol. The fraction of sp³-hybridized carbons (Fsp3) is 0.462. The molecular weight excluding hydrogens is 278 g/mol. The summed E-state index contributed by atoms with van der Waals surface area (Å²) in [6.07, 6.45) is 2.50. The Morgan fingerprint density at radius 1 is 1.45 bits per heavy atom. The first-order valence-electron chi connectivity index (χ1n) is 6.59. The Morgan fingerprint density at radius 2 is 2.30 bits per heavy atom. The molecule has 0 unspecified atom stereocenters. The SMILES string of the molecule is Cn1nnc(COc2c(Cl)cccc2CNC2CC2)n1. The van der Waals surface area contributed by atoms with Crippen LogP contribution in [0.1, 0.15) is 24.2 Å². The summed E-state index contributed by atoms with van der Waals surface area (Å²) in [6.45, 7) is 1.02. The maximum Gasteiger partial charge on any atom is 0.212 e. The number of nitrogens with zero attached hydrogens (tertiary/aromatic N) is 4. The van der Waals surface area contributed by atoms with Crippen molar-refractivity contribution in [2.45, 2.75) is 32.0 Å². The summed E-state index contributed by atoms with van der Waals surface area (Å²) in [5.74, 6) is 1.23. The van der Waals surface area contributed by atoms with Crippen molar-refractivity contribution in [1.82, 2.24) is 25.5 Å². The third-order valence-electron chi connectivity index (χ3n) is 3.10. The van der Waals surface area contributed by atoms with Crippen LogP contribution < -0.4 is 10.1 Å². The van der Waals surface area contributed by atoms with Crippen molar-refractivity contribution in [1.29, 1.82) is 0 Å². The topological polar surface area (TPSA) is 64.9 Å². The van der Waals surface area contributed by atoms with E-state index in [0.717, 1.165) is 12.1 Å². The molecule has 1 aliphatic rings. The highest BCUT2D eigenvalue weighted by molar-refractivity contribution is 6.32. The quantitative estimate of drug-likeness (QED) is 0.878. The molecule has 1 heterocycles. The van der Waals surface area contributed by atoms with Crippen molar-refractivity contribution in [2.24, 2.45) is 7.05 Å². The molecule has 1 aliphatic carbocycles. The first-order valence-corrected chi connectivity index (χ1v) is 6.96. The van der Waals surface area contributed by atoms with Gasteiger partial charge in [-0.15, -0.1) is 10.2 Å². The van der Waals surface area contributed by atoms with E-state index in [1.807, 2.05) is 18.2 Å². The number of hydrogen-bond acceptors (Lipinski definition) is 5. The highest BCUT2D eigenvalue weighted by atomic mass is 35.5. The minimum absolute atomic E-state index is 0.258. The summed E-state index contributed by atoms with van der Waals surface area (Å²) in [6, 6.07) is 6.41. The fourth-order valence-corrected chi connectivity index (χ4v) is 2.16. The van der Waals surface area contributed by atoms with Gasteiger partial charge in [0.15, 0.2) is 6.61 Å². The lowest BCUT2D eigenvalue weighted by atomic mass is 10.2. The molecule has 1 aromatic heterocycles. The van der Waals surface area contributed by atoms with Crippen LogP contribution >= 0.6 is 11.6 Å². The molecule has 1 aromatic carbocycles. The number of benzene rings is 1. The maximum absolute atomic E-state index is 6.22. The minimum atomic E-state index is 0.258. The molecule has 0 atom stereocenters. The second-order valence-electron chi connectivity index (χ2n) is 4.87. The number of rotatable bonds is 6. The van der Waals surface area contributed by atoms with Crippen molar-refractivity contribution in [3.8, 4) is 5.75 Å². The van der Waals surface area contributed by atoms with Gasteiger partial charge in [-0.2, -0.15) is 4.80 Å². The Bertz CT molecular complexity index is 596. The third kappa shape index (κ3) is 3.26. The summed E-state index contributed by atoms with van der Waals surface area (Å²) >= 11 is 6.22. The molecule has 2 aromatic rings. The zero-order valence-corrected chi connectivity index (χ0v) is 12.0. The van der Waals surface area contributed by atoms with Crippen LogP contribution in [0.3, 0.4) is 0 Å². The molecule has 20 heavy (non-hydrogen) atoms. The third-order valence-corrected chi connectivity index (χ3v) is 3.40. The predicted molar refractivity (Wildman–Crippen MR) is 74.4 cm³/mol. The van der Waals surface area contributed by atoms with Gasteiger partial charge in [0.2, 0.25) is 5.82 Å². The number of tetrazole rings is 1. The summed E-state index contributed by atoms with van der Waals surface area (Å²) in [7, 11) is 1.72. The van der Waals surface area contributed by atoms with Crippen molar-refractivity contribution in [2.75, 3.05) is 0 Å². The van der Waals surface area contributed by atoms with Crippen LogP contribution in [-0.4, -0.2) is 26.2 Å². The van der Waals surface area contributed by atoms with Gasteiger partial charge >= 0.3 is 0 Å². The molecule has 0 saturated heterocycles. The Hall–Kier alpha value is -1.66. The number of para-hydroxylation sites is 1. The van der Waals surface area contributed by atoms with E-state index in [1.165, 1.54) is 17.6 Å². The highest BCUT2D eigenvalue weighted by Crippen LogP contribution is 2.30. The van der Waals surface area contributed by atoms with Crippen LogP contribution in [0, 0.1) is 0 Å². The van der Waals surface area contributed by atoms with Crippen molar-refractivity contribution < 1.29 is 4.74 Å². The number of halogens is 1. The van der Waals surface area contributed by atoms with Gasteiger partial charge in [-0.3, -0.25) is 0 Å². The number of hydrogen-bond donors (Lipinski definition) is 1. The van der Waals surface area contributed by atoms with Crippen LogP contribution in [0.4, 0.5) is 0 Å². The molecule has 1 N–H and O–H groups in total. The van der Waals surface area contributed by atoms with Gasteiger partial charge in [0.05, 0.1) is 12.1 Å². The molecule has 6 nitrogen and oxygen atoms in total. The zero-order chi connectivity index (χ0) is 13.9. The first kappa shape index (κ1) is 13.3. The van der Waals surface area contributed by atoms with E-state index in [1.54, 1.807) is 7.05 Å². The summed E-state index contributed by atoms with van der Waals surface area (Å²) in [5, 5.41) is 15.8. The van der Waals surface area contributed by atoms with Crippen molar-refractivity contribution >= 4 is 11.6 Å². The lowest BCUT2D eigenvalue weighted by Crippen LogP contribution is -2.16. The van der Waals surface area contributed by atoms with Gasteiger partial charge in [-0.05, 0) is 24.1 Å². The monoisotopic (exact) mass is 293 g/mol. The number of ether oxygens (including phenoxy) is 1. The molecule has 106 valence electrons. The van der Waals surface area contributed by atoms with Crippen molar-refractivity contribution in [3.63, 3.8) is 0 Å². The molecule has 1 fully saturated rings. The Labute approximate surface area is 122 Å². The molecule has 0 aliphatic heterocycles. The van der Waals surface area contributed by atoms with Crippen LogP contribution in [-0.2, 0) is 20.2 Å². The lowest BCUT2D eigenvalue weighted by Gasteiger charge is -2.12. The Morgan fingerprint density at radius 3 is 3.00 bits per heavy atom. The van der Waals surface area contributed by atoms with Crippen LogP contribution in [0.25, 0.3) is 0 Å². The number of aromatic nitrogens is 4. The Balaban J connectivity index is 1.69. The second-order valence-corrected chi connectivity index (χ2v) is 5.27. The maximum atomic E-state index is 6.22. The molecule has 0 bridgehead atoms. The summed E-state index contributed by atoms with van der Waals surface area (Å²) in [5.41, 5.74) is 1.05. The van der Waals surface area contributed by atoms with Crippen molar-refractivity contribution in [3.05, 3.63) is 34.6 Å².